The van der Waals surface area contributed by atoms with Crippen molar-refractivity contribution in [3.8, 4) is 11.5 Å². The van der Waals surface area contributed by atoms with Crippen LogP contribution >= 0.6 is 0 Å². The topological polar surface area (TPSA) is 41.5 Å². The average Bonchev–Trinajstić information content (AvgIpc) is 2.37. The molecule has 1 aliphatic heterocycles. The molecule has 1 heterocycles. The fraction of sp³-hybridized carbons (Fsp3) is 0.571. The molecule has 1 aliphatic rings. The number of ether oxygens (including phenoxy) is 1. The predicted octanol–water partition coefficient (Wildman–Crippen LogP) is 2.25. The van der Waals surface area contributed by atoms with Crippen LogP contribution in [0.1, 0.15) is 24.0 Å². The molecule has 94 valence electrons. The number of aromatic hydroxyl groups is 1. The van der Waals surface area contributed by atoms with E-state index in [1.807, 2.05) is 19.1 Å². The Morgan fingerprint density at radius 1 is 1.47 bits per heavy atom. The summed E-state index contributed by atoms with van der Waals surface area (Å²) in [5.41, 5.74) is 1.88. The molecule has 1 fully saturated rings. The van der Waals surface area contributed by atoms with Crippen LogP contribution in [0.15, 0.2) is 12.1 Å². The van der Waals surface area contributed by atoms with Crippen molar-refractivity contribution in [3.05, 3.63) is 23.3 Å². The van der Waals surface area contributed by atoms with E-state index in [2.05, 4.69) is 5.32 Å². The van der Waals surface area contributed by atoms with Crippen LogP contribution in [0, 0.1) is 12.8 Å². The van der Waals surface area contributed by atoms with E-state index < -0.39 is 0 Å². The van der Waals surface area contributed by atoms with Crippen LogP contribution in [0.4, 0.5) is 0 Å². The molecule has 0 radical (unpaired) electrons. The summed E-state index contributed by atoms with van der Waals surface area (Å²) < 4.78 is 5.20. The van der Waals surface area contributed by atoms with Crippen LogP contribution in [-0.2, 0) is 6.42 Å². The first kappa shape index (κ1) is 12.2. The second kappa shape index (κ2) is 5.41. The van der Waals surface area contributed by atoms with Gasteiger partial charge < -0.3 is 15.2 Å². The maximum absolute atomic E-state index is 10.1. The number of hydrogen-bond donors (Lipinski definition) is 2. The van der Waals surface area contributed by atoms with Gasteiger partial charge in [-0.2, -0.15) is 0 Å². The molecule has 1 atom stereocenters. The van der Waals surface area contributed by atoms with Gasteiger partial charge in [-0.15, -0.1) is 0 Å². The number of nitrogens with one attached hydrogen (secondary N) is 1. The third-order valence-electron chi connectivity index (χ3n) is 3.59. The molecule has 2 rings (SSSR count). The summed E-state index contributed by atoms with van der Waals surface area (Å²) in [4.78, 5) is 0. The molecule has 1 unspecified atom stereocenters. The van der Waals surface area contributed by atoms with Crippen LogP contribution in [0.3, 0.4) is 0 Å². The number of piperidine rings is 1. The smallest absolute Gasteiger partial charge is 0.125 e. The third-order valence-corrected chi connectivity index (χ3v) is 3.59. The van der Waals surface area contributed by atoms with Crippen molar-refractivity contribution in [2.24, 2.45) is 5.92 Å². The molecule has 0 bridgehead atoms. The monoisotopic (exact) mass is 235 g/mol. The predicted molar refractivity (Wildman–Crippen MR) is 68.7 cm³/mol. The second-order valence-electron chi connectivity index (χ2n) is 4.82. The average molecular weight is 235 g/mol. The molecule has 3 heteroatoms. The minimum atomic E-state index is 0.398. The molecule has 0 amide bonds. The summed E-state index contributed by atoms with van der Waals surface area (Å²) in [5, 5.41) is 13.5. The summed E-state index contributed by atoms with van der Waals surface area (Å²) in [5.74, 6) is 1.80. The van der Waals surface area contributed by atoms with Crippen molar-refractivity contribution in [3.63, 3.8) is 0 Å². The first-order valence-corrected chi connectivity index (χ1v) is 6.28. The van der Waals surface area contributed by atoms with Crippen molar-refractivity contribution in [2.75, 3.05) is 20.2 Å². The molecule has 0 aromatic heterocycles. The van der Waals surface area contributed by atoms with E-state index in [-0.39, 0.29) is 0 Å². The van der Waals surface area contributed by atoms with E-state index >= 15 is 0 Å². The van der Waals surface area contributed by atoms with Crippen molar-refractivity contribution >= 4 is 0 Å². The molecule has 0 saturated carbocycles. The van der Waals surface area contributed by atoms with E-state index in [0.717, 1.165) is 36.4 Å². The Labute approximate surface area is 103 Å². The lowest BCUT2D eigenvalue weighted by Gasteiger charge is -2.23. The van der Waals surface area contributed by atoms with Gasteiger partial charge in [-0.05, 0) is 56.8 Å². The molecule has 0 aliphatic carbocycles. The van der Waals surface area contributed by atoms with Crippen LogP contribution in [0.25, 0.3) is 0 Å². The maximum atomic E-state index is 10.1. The molecule has 1 aromatic carbocycles. The Kier molecular flexibility index (Phi) is 3.89. The highest BCUT2D eigenvalue weighted by molar-refractivity contribution is 5.48. The van der Waals surface area contributed by atoms with Crippen LogP contribution in [0.2, 0.25) is 0 Å². The molecular formula is C14H21NO2. The van der Waals surface area contributed by atoms with Crippen molar-refractivity contribution < 1.29 is 9.84 Å². The van der Waals surface area contributed by atoms with E-state index in [1.165, 1.54) is 12.8 Å². The number of methoxy groups -OCH3 is 1. The first-order chi connectivity index (χ1) is 8.22. The second-order valence-corrected chi connectivity index (χ2v) is 4.82. The molecule has 3 nitrogen and oxygen atoms in total. The summed E-state index contributed by atoms with van der Waals surface area (Å²) in [6, 6.07) is 3.93. The van der Waals surface area contributed by atoms with Gasteiger partial charge in [0.1, 0.15) is 11.5 Å². The highest BCUT2D eigenvalue weighted by atomic mass is 16.5. The Morgan fingerprint density at radius 2 is 2.29 bits per heavy atom. The lowest BCUT2D eigenvalue weighted by molar-refractivity contribution is 0.367. The largest absolute Gasteiger partial charge is 0.507 e. The van der Waals surface area contributed by atoms with Crippen molar-refractivity contribution in [2.45, 2.75) is 26.2 Å². The minimum Gasteiger partial charge on any atom is -0.507 e. The lowest BCUT2D eigenvalue weighted by Crippen LogP contribution is -2.30. The van der Waals surface area contributed by atoms with Crippen LogP contribution < -0.4 is 10.1 Å². The zero-order valence-electron chi connectivity index (χ0n) is 10.6. The van der Waals surface area contributed by atoms with Crippen molar-refractivity contribution in [1.82, 2.24) is 5.32 Å². The highest BCUT2D eigenvalue weighted by Crippen LogP contribution is 2.32. The normalized spacial score (nSPS) is 20.2. The van der Waals surface area contributed by atoms with Gasteiger partial charge in [0, 0.05) is 5.56 Å². The van der Waals surface area contributed by atoms with Crippen molar-refractivity contribution in [1.29, 1.82) is 0 Å². The van der Waals surface area contributed by atoms with Gasteiger partial charge >= 0.3 is 0 Å². The molecule has 1 saturated heterocycles. The summed E-state index contributed by atoms with van der Waals surface area (Å²) in [6.07, 6.45) is 3.43. The molecule has 17 heavy (non-hydrogen) atoms. The molecule has 2 N–H and O–H groups in total. The number of phenolic OH excluding ortho intramolecular Hbond substituents is 1. The fourth-order valence-electron chi connectivity index (χ4n) is 2.53. The molecular weight excluding hydrogens is 214 g/mol. The van der Waals surface area contributed by atoms with Gasteiger partial charge in [0.05, 0.1) is 7.11 Å². The Balaban J connectivity index is 2.12. The number of benzene rings is 1. The maximum Gasteiger partial charge on any atom is 0.125 e. The van der Waals surface area contributed by atoms with Gasteiger partial charge in [0.25, 0.3) is 0 Å². The van der Waals surface area contributed by atoms with Gasteiger partial charge in [-0.3, -0.25) is 0 Å². The summed E-state index contributed by atoms with van der Waals surface area (Å²) >= 11 is 0. The summed E-state index contributed by atoms with van der Waals surface area (Å²) in [6.45, 7) is 4.09. The Bertz CT molecular complexity index is 384. The van der Waals surface area contributed by atoms with E-state index in [0.29, 0.717) is 11.7 Å². The van der Waals surface area contributed by atoms with Gasteiger partial charge in [-0.1, -0.05) is 6.07 Å². The van der Waals surface area contributed by atoms with Crippen LogP contribution in [0.5, 0.6) is 11.5 Å². The zero-order valence-corrected chi connectivity index (χ0v) is 10.6. The molecule has 0 spiro atoms. The minimum absolute atomic E-state index is 0.398. The zero-order chi connectivity index (χ0) is 12.3. The standard InChI is InChI=1S/C14H21NO2/c1-10-13(17-2)6-5-12(14(10)16)8-11-4-3-7-15-9-11/h5-6,11,15-16H,3-4,7-9H2,1-2H3. The fourth-order valence-corrected chi connectivity index (χ4v) is 2.53. The van der Waals surface area contributed by atoms with Crippen LogP contribution in [-0.4, -0.2) is 25.3 Å². The van der Waals surface area contributed by atoms with Gasteiger partial charge in [-0.25, -0.2) is 0 Å². The Hall–Kier alpha value is -1.22. The summed E-state index contributed by atoms with van der Waals surface area (Å²) in [7, 11) is 1.63. The van der Waals surface area contributed by atoms with Gasteiger partial charge in [0.2, 0.25) is 0 Å². The third kappa shape index (κ3) is 2.72. The van der Waals surface area contributed by atoms with E-state index in [4.69, 9.17) is 4.74 Å². The first-order valence-electron chi connectivity index (χ1n) is 6.28. The number of rotatable bonds is 3. The van der Waals surface area contributed by atoms with Gasteiger partial charge in [0.15, 0.2) is 0 Å². The highest BCUT2D eigenvalue weighted by Gasteiger charge is 2.17. The molecule has 1 aromatic rings. The lowest BCUT2D eigenvalue weighted by atomic mass is 9.91. The Morgan fingerprint density at radius 3 is 2.94 bits per heavy atom. The SMILES string of the molecule is COc1ccc(CC2CCCNC2)c(O)c1C. The number of phenols is 1. The van der Waals surface area contributed by atoms with E-state index in [1.54, 1.807) is 7.11 Å². The number of hydrogen-bond acceptors (Lipinski definition) is 3. The quantitative estimate of drug-likeness (QED) is 0.844. The van der Waals surface area contributed by atoms with E-state index in [9.17, 15) is 5.11 Å².